The fourth-order valence-electron chi connectivity index (χ4n) is 2.47. The Morgan fingerprint density at radius 3 is 2.90 bits per heavy atom. The second kappa shape index (κ2) is 7.36. The maximum absolute atomic E-state index is 12.4. The highest BCUT2D eigenvalue weighted by Crippen LogP contribution is 2.20. The summed E-state index contributed by atoms with van der Waals surface area (Å²) in [5.41, 5.74) is 0.390. The maximum Gasteiger partial charge on any atom is 0.274 e. The Labute approximate surface area is 125 Å². The number of amides is 1. The van der Waals surface area contributed by atoms with Gasteiger partial charge in [-0.3, -0.25) is 4.79 Å². The molecule has 0 spiro atoms. The van der Waals surface area contributed by atoms with Gasteiger partial charge in [-0.2, -0.15) is 0 Å². The summed E-state index contributed by atoms with van der Waals surface area (Å²) in [5.74, 6) is 1.11. The first-order chi connectivity index (χ1) is 10.2. The van der Waals surface area contributed by atoms with E-state index in [1.54, 1.807) is 24.4 Å². The van der Waals surface area contributed by atoms with Crippen LogP contribution in [0.25, 0.3) is 0 Å². The zero-order valence-corrected chi connectivity index (χ0v) is 13.0. The van der Waals surface area contributed by atoms with Crippen LogP contribution in [0.4, 0.5) is 5.82 Å². The Hall–Kier alpha value is -1.69. The Morgan fingerprint density at radius 1 is 1.48 bits per heavy atom. The lowest BCUT2D eigenvalue weighted by Crippen LogP contribution is -2.46. The largest absolute Gasteiger partial charge is 0.379 e. The first-order valence-electron chi connectivity index (χ1n) is 7.53. The van der Waals surface area contributed by atoms with Crippen LogP contribution < -0.4 is 5.32 Å². The third kappa shape index (κ3) is 3.91. The van der Waals surface area contributed by atoms with E-state index in [0.29, 0.717) is 24.0 Å². The zero-order chi connectivity index (χ0) is 15.2. The second-order valence-electron chi connectivity index (χ2n) is 5.50. The Bertz CT molecular complexity index is 463. The molecule has 0 saturated carbocycles. The highest BCUT2D eigenvalue weighted by Gasteiger charge is 2.29. The Kier molecular flexibility index (Phi) is 5.50. The van der Waals surface area contributed by atoms with Crippen molar-refractivity contribution in [1.82, 2.24) is 14.9 Å². The Balaban J connectivity index is 1.99. The number of carbonyl (C=O) groups excluding carboxylic acids is 1. The SMILES string of the molecule is CCCNc1cnc(C(=O)N2CCC(C)C(OC)C2)cn1. The number of carbonyl (C=O) groups is 1. The molecule has 2 unspecified atom stereocenters. The van der Waals surface area contributed by atoms with E-state index in [1.165, 1.54) is 0 Å². The summed E-state index contributed by atoms with van der Waals surface area (Å²) in [4.78, 5) is 22.7. The van der Waals surface area contributed by atoms with Gasteiger partial charge in [0.25, 0.3) is 5.91 Å². The summed E-state index contributed by atoms with van der Waals surface area (Å²) in [6.45, 7) is 6.46. The third-order valence-electron chi connectivity index (χ3n) is 3.91. The van der Waals surface area contributed by atoms with Crippen LogP contribution in [0, 0.1) is 5.92 Å². The minimum Gasteiger partial charge on any atom is -0.379 e. The van der Waals surface area contributed by atoms with E-state index in [1.807, 2.05) is 0 Å². The van der Waals surface area contributed by atoms with Crippen molar-refractivity contribution in [1.29, 1.82) is 0 Å². The number of piperidine rings is 1. The minimum absolute atomic E-state index is 0.0708. The standard InChI is InChI=1S/C15H24N4O2/c1-4-6-16-14-9-17-12(8-18-14)15(20)19-7-5-11(2)13(10-19)21-3/h8-9,11,13H,4-7,10H2,1-3H3,(H,16,18). The Morgan fingerprint density at radius 2 is 2.29 bits per heavy atom. The van der Waals surface area contributed by atoms with Gasteiger partial charge in [0.05, 0.1) is 18.5 Å². The van der Waals surface area contributed by atoms with Crippen molar-refractivity contribution in [3.63, 3.8) is 0 Å². The van der Waals surface area contributed by atoms with E-state index in [0.717, 1.165) is 25.9 Å². The summed E-state index contributed by atoms with van der Waals surface area (Å²) < 4.78 is 5.44. The number of methoxy groups -OCH3 is 1. The molecule has 2 rings (SSSR count). The molecule has 2 heterocycles. The smallest absolute Gasteiger partial charge is 0.274 e. The number of nitrogens with one attached hydrogen (secondary N) is 1. The van der Waals surface area contributed by atoms with Crippen LogP contribution in [0.1, 0.15) is 37.2 Å². The number of rotatable bonds is 5. The average Bonchev–Trinajstić information content (AvgIpc) is 2.53. The number of hydrogen-bond donors (Lipinski definition) is 1. The van der Waals surface area contributed by atoms with Crippen molar-refractivity contribution in [2.24, 2.45) is 5.92 Å². The van der Waals surface area contributed by atoms with Gasteiger partial charge in [-0.05, 0) is 18.8 Å². The zero-order valence-electron chi connectivity index (χ0n) is 13.0. The van der Waals surface area contributed by atoms with Gasteiger partial charge < -0.3 is 15.0 Å². The van der Waals surface area contributed by atoms with Crippen LogP contribution in [0.2, 0.25) is 0 Å². The summed E-state index contributed by atoms with van der Waals surface area (Å²) in [7, 11) is 1.70. The molecule has 1 aromatic rings. The molecule has 1 amide bonds. The van der Waals surface area contributed by atoms with Gasteiger partial charge in [-0.1, -0.05) is 13.8 Å². The van der Waals surface area contributed by atoms with E-state index in [9.17, 15) is 4.79 Å². The van der Waals surface area contributed by atoms with Gasteiger partial charge in [0, 0.05) is 26.7 Å². The lowest BCUT2D eigenvalue weighted by Gasteiger charge is -2.35. The molecule has 0 aromatic carbocycles. The van der Waals surface area contributed by atoms with E-state index in [4.69, 9.17) is 4.74 Å². The lowest BCUT2D eigenvalue weighted by molar-refractivity contribution is -0.00178. The summed E-state index contributed by atoms with van der Waals surface area (Å²) in [6, 6.07) is 0. The van der Waals surface area contributed by atoms with Crippen molar-refractivity contribution in [3.05, 3.63) is 18.1 Å². The van der Waals surface area contributed by atoms with Crippen molar-refractivity contribution in [2.45, 2.75) is 32.8 Å². The highest BCUT2D eigenvalue weighted by molar-refractivity contribution is 5.92. The quantitative estimate of drug-likeness (QED) is 0.896. The summed E-state index contributed by atoms with van der Waals surface area (Å²) in [5, 5.41) is 3.14. The van der Waals surface area contributed by atoms with Gasteiger partial charge in [-0.15, -0.1) is 0 Å². The summed E-state index contributed by atoms with van der Waals surface area (Å²) in [6.07, 6.45) is 5.23. The van der Waals surface area contributed by atoms with E-state index < -0.39 is 0 Å². The molecule has 6 heteroatoms. The molecule has 0 bridgehead atoms. The maximum atomic E-state index is 12.4. The van der Waals surface area contributed by atoms with Gasteiger partial charge in [0.15, 0.2) is 0 Å². The molecule has 21 heavy (non-hydrogen) atoms. The molecule has 1 aromatic heterocycles. The van der Waals surface area contributed by atoms with Crippen LogP contribution in [0.3, 0.4) is 0 Å². The monoisotopic (exact) mass is 292 g/mol. The molecule has 1 aliphatic heterocycles. The molecule has 0 radical (unpaired) electrons. The molecule has 1 saturated heterocycles. The fraction of sp³-hybridized carbons (Fsp3) is 0.667. The number of anilines is 1. The van der Waals surface area contributed by atoms with Gasteiger partial charge in [0.1, 0.15) is 11.5 Å². The van der Waals surface area contributed by atoms with Crippen LogP contribution >= 0.6 is 0 Å². The van der Waals surface area contributed by atoms with Crippen LogP contribution in [-0.2, 0) is 4.74 Å². The summed E-state index contributed by atoms with van der Waals surface area (Å²) >= 11 is 0. The highest BCUT2D eigenvalue weighted by atomic mass is 16.5. The van der Waals surface area contributed by atoms with Crippen molar-refractivity contribution in [3.8, 4) is 0 Å². The lowest BCUT2D eigenvalue weighted by atomic mass is 9.95. The average molecular weight is 292 g/mol. The number of aromatic nitrogens is 2. The van der Waals surface area contributed by atoms with Crippen molar-refractivity contribution in [2.75, 3.05) is 32.1 Å². The molecular weight excluding hydrogens is 268 g/mol. The number of hydrogen-bond acceptors (Lipinski definition) is 5. The van der Waals surface area contributed by atoms with Crippen LogP contribution in [0.15, 0.2) is 12.4 Å². The normalized spacial score (nSPS) is 22.1. The number of nitrogens with zero attached hydrogens (tertiary/aromatic N) is 3. The molecular formula is C15H24N4O2. The minimum atomic E-state index is -0.0708. The molecule has 1 aliphatic rings. The molecule has 2 atom stereocenters. The van der Waals surface area contributed by atoms with Crippen LogP contribution in [0.5, 0.6) is 0 Å². The number of likely N-dealkylation sites (tertiary alicyclic amines) is 1. The third-order valence-corrected chi connectivity index (χ3v) is 3.91. The predicted octanol–water partition coefficient (Wildman–Crippen LogP) is 1.80. The van der Waals surface area contributed by atoms with E-state index >= 15 is 0 Å². The predicted molar refractivity (Wildman–Crippen MR) is 81.3 cm³/mol. The van der Waals surface area contributed by atoms with E-state index in [-0.39, 0.29) is 12.0 Å². The van der Waals surface area contributed by atoms with Gasteiger partial charge >= 0.3 is 0 Å². The van der Waals surface area contributed by atoms with E-state index in [2.05, 4.69) is 29.1 Å². The van der Waals surface area contributed by atoms with Crippen LogP contribution in [-0.4, -0.2) is 53.6 Å². The van der Waals surface area contributed by atoms with Gasteiger partial charge in [0.2, 0.25) is 0 Å². The molecule has 1 N–H and O–H groups in total. The molecule has 1 fully saturated rings. The number of ether oxygens (including phenoxy) is 1. The topological polar surface area (TPSA) is 67.4 Å². The van der Waals surface area contributed by atoms with Gasteiger partial charge in [-0.25, -0.2) is 9.97 Å². The molecule has 6 nitrogen and oxygen atoms in total. The second-order valence-corrected chi connectivity index (χ2v) is 5.50. The molecule has 0 aliphatic carbocycles. The van der Waals surface area contributed by atoms with Crippen molar-refractivity contribution < 1.29 is 9.53 Å². The van der Waals surface area contributed by atoms with Crippen molar-refractivity contribution >= 4 is 11.7 Å². The first-order valence-corrected chi connectivity index (χ1v) is 7.53. The first kappa shape index (κ1) is 15.7. The molecule has 116 valence electrons. The fourth-order valence-corrected chi connectivity index (χ4v) is 2.47.